The molecular formula is C25H32ClNO. The summed E-state index contributed by atoms with van der Waals surface area (Å²) in [4.78, 5) is 2.69. The van der Waals surface area contributed by atoms with E-state index in [9.17, 15) is 0 Å². The van der Waals surface area contributed by atoms with Gasteiger partial charge in [0.25, 0.3) is 0 Å². The fourth-order valence-corrected chi connectivity index (χ4v) is 4.69. The molecule has 0 amide bonds. The van der Waals surface area contributed by atoms with E-state index < -0.39 is 0 Å². The molecule has 0 atom stereocenters. The van der Waals surface area contributed by atoms with Gasteiger partial charge in [0, 0.05) is 19.6 Å². The molecule has 3 fully saturated rings. The first-order valence-electron chi connectivity index (χ1n) is 10.5. The van der Waals surface area contributed by atoms with Crippen LogP contribution in [0, 0.1) is 11.8 Å². The lowest BCUT2D eigenvalue weighted by molar-refractivity contribution is 0.279. The van der Waals surface area contributed by atoms with Crippen LogP contribution in [0.1, 0.15) is 43.7 Å². The number of ether oxygens (including phenoxy) is 1. The third-order valence-electron chi connectivity index (χ3n) is 6.11. The summed E-state index contributed by atoms with van der Waals surface area (Å²) in [6.45, 7) is 6.33. The van der Waals surface area contributed by atoms with Crippen LogP contribution < -0.4 is 4.74 Å². The minimum absolute atomic E-state index is 0. The van der Waals surface area contributed by atoms with Gasteiger partial charge in [0.05, 0.1) is 6.61 Å². The number of benzene rings is 2. The molecule has 0 N–H and O–H groups in total. The van der Waals surface area contributed by atoms with Crippen LogP contribution in [0.3, 0.4) is 0 Å². The molecule has 2 aliphatic heterocycles. The molecule has 3 aliphatic rings. The second kappa shape index (κ2) is 10.1. The Balaban J connectivity index is 0.00000225. The quantitative estimate of drug-likeness (QED) is 0.587. The average molecular weight is 398 g/mol. The fourth-order valence-electron chi connectivity index (χ4n) is 4.69. The first-order valence-corrected chi connectivity index (χ1v) is 10.5. The molecule has 28 heavy (non-hydrogen) atoms. The summed E-state index contributed by atoms with van der Waals surface area (Å²) < 4.78 is 5.62. The van der Waals surface area contributed by atoms with Crippen molar-refractivity contribution in [3.63, 3.8) is 0 Å². The lowest BCUT2D eigenvalue weighted by atomic mass is 9.84. The Labute approximate surface area is 176 Å². The Morgan fingerprint density at radius 2 is 1.46 bits per heavy atom. The summed E-state index contributed by atoms with van der Waals surface area (Å²) in [6.07, 6.45) is 8.20. The Bertz CT molecular complexity index is 734. The number of hydrogen-bond donors (Lipinski definition) is 0. The van der Waals surface area contributed by atoms with Crippen molar-refractivity contribution in [3.05, 3.63) is 71.8 Å². The highest BCUT2D eigenvalue weighted by Gasteiger charge is 2.28. The van der Waals surface area contributed by atoms with E-state index in [0.717, 1.165) is 24.1 Å². The van der Waals surface area contributed by atoms with Crippen molar-refractivity contribution in [1.82, 2.24) is 4.90 Å². The van der Waals surface area contributed by atoms with Gasteiger partial charge in [0.1, 0.15) is 5.75 Å². The lowest BCUT2D eigenvalue weighted by Gasteiger charge is -2.21. The summed E-state index contributed by atoms with van der Waals surface area (Å²) in [7, 11) is 0. The molecule has 150 valence electrons. The van der Waals surface area contributed by atoms with Gasteiger partial charge in [-0.15, -0.1) is 12.4 Å². The van der Waals surface area contributed by atoms with E-state index in [0.29, 0.717) is 6.61 Å². The van der Waals surface area contributed by atoms with E-state index in [2.05, 4.69) is 65.6 Å². The lowest BCUT2D eigenvalue weighted by Crippen LogP contribution is -2.28. The summed E-state index contributed by atoms with van der Waals surface area (Å²) in [5, 5.41) is 0. The van der Waals surface area contributed by atoms with Gasteiger partial charge < -0.3 is 4.74 Å². The molecule has 2 aromatic rings. The zero-order valence-electron chi connectivity index (χ0n) is 16.8. The van der Waals surface area contributed by atoms with Crippen molar-refractivity contribution >= 4 is 18.0 Å². The zero-order chi connectivity index (χ0) is 18.5. The van der Waals surface area contributed by atoms with E-state index in [1.807, 2.05) is 6.92 Å². The molecule has 1 aliphatic carbocycles. The van der Waals surface area contributed by atoms with Crippen molar-refractivity contribution in [2.75, 3.05) is 26.2 Å². The van der Waals surface area contributed by atoms with Crippen molar-refractivity contribution in [3.8, 4) is 5.75 Å². The number of rotatable bonds is 6. The van der Waals surface area contributed by atoms with E-state index >= 15 is 0 Å². The maximum Gasteiger partial charge on any atom is 0.119 e. The third-order valence-corrected chi connectivity index (χ3v) is 6.11. The summed E-state index contributed by atoms with van der Waals surface area (Å²) in [6, 6.07) is 19.3. The maximum absolute atomic E-state index is 5.62. The minimum atomic E-state index is 0. The zero-order valence-corrected chi connectivity index (χ0v) is 17.7. The van der Waals surface area contributed by atoms with Gasteiger partial charge in [0.15, 0.2) is 0 Å². The highest BCUT2D eigenvalue weighted by molar-refractivity contribution is 5.85. The molecule has 0 aromatic heterocycles. The molecule has 0 unspecified atom stereocenters. The summed E-state index contributed by atoms with van der Waals surface area (Å²) in [5.74, 6) is 2.78. The Morgan fingerprint density at radius 1 is 0.893 bits per heavy atom. The molecule has 2 heterocycles. The van der Waals surface area contributed by atoms with Crippen molar-refractivity contribution < 1.29 is 4.74 Å². The highest BCUT2D eigenvalue weighted by Crippen LogP contribution is 2.34. The van der Waals surface area contributed by atoms with Crippen LogP contribution >= 0.6 is 12.4 Å². The first kappa shape index (κ1) is 21.0. The van der Waals surface area contributed by atoms with E-state index in [1.165, 1.54) is 55.5 Å². The van der Waals surface area contributed by atoms with Crippen LogP contribution in [0.25, 0.3) is 5.57 Å². The molecule has 2 saturated heterocycles. The van der Waals surface area contributed by atoms with Gasteiger partial charge in [-0.05, 0) is 73.3 Å². The second-order valence-corrected chi connectivity index (χ2v) is 8.05. The standard InChI is InChI=1S/C25H31NO.ClH/c1-2-27-24-14-12-23(13-15-24)25(22-6-4-3-5-7-22)16-17-26-18-20-8-9-21(19-26)11-10-20;/h3-7,12-16,20-21H,2,8-11,17-19H2,1H3;1H/b25-16+;. The molecule has 5 rings (SSSR count). The molecule has 1 saturated carbocycles. The molecule has 3 heteroatoms. The number of hydrogen-bond acceptors (Lipinski definition) is 2. The third kappa shape index (κ3) is 5.18. The molecule has 2 aromatic carbocycles. The Kier molecular flexibility index (Phi) is 7.58. The molecular weight excluding hydrogens is 366 g/mol. The SMILES string of the molecule is CCOc1ccc(/C(=C/CN2CC3CCC(CC3)C2)c2ccccc2)cc1.Cl. The topological polar surface area (TPSA) is 12.5 Å². The van der Waals surface area contributed by atoms with Crippen LogP contribution in [-0.2, 0) is 0 Å². The number of halogens is 1. The molecule has 2 nitrogen and oxygen atoms in total. The smallest absolute Gasteiger partial charge is 0.119 e. The van der Waals surface area contributed by atoms with Gasteiger partial charge in [-0.3, -0.25) is 4.90 Å². The van der Waals surface area contributed by atoms with Crippen LogP contribution in [0.4, 0.5) is 0 Å². The minimum Gasteiger partial charge on any atom is -0.494 e. The van der Waals surface area contributed by atoms with E-state index in [1.54, 1.807) is 0 Å². The average Bonchev–Trinajstić information content (AvgIpc) is 3.03. The van der Waals surface area contributed by atoms with Gasteiger partial charge in [-0.2, -0.15) is 0 Å². The molecule has 2 bridgehead atoms. The van der Waals surface area contributed by atoms with E-state index in [-0.39, 0.29) is 12.4 Å². The predicted molar refractivity (Wildman–Crippen MR) is 120 cm³/mol. The van der Waals surface area contributed by atoms with E-state index in [4.69, 9.17) is 4.74 Å². The normalized spacial score (nSPS) is 22.4. The summed E-state index contributed by atoms with van der Waals surface area (Å²) >= 11 is 0. The molecule has 0 spiro atoms. The molecule has 0 radical (unpaired) electrons. The van der Waals surface area contributed by atoms with Crippen molar-refractivity contribution in [2.45, 2.75) is 32.6 Å². The monoisotopic (exact) mass is 397 g/mol. The highest BCUT2D eigenvalue weighted by atomic mass is 35.5. The van der Waals surface area contributed by atoms with Crippen LogP contribution in [0.2, 0.25) is 0 Å². The van der Waals surface area contributed by atoms with Gasteiger partial charge >= 0.3 is 0 Å². The van der Waals surface area contributed by atoms with Gasteiger partial charge in [-0.1, -0.05) is 48.5 Å². The number of nitrogens with zero attached hydrogens (tertiary/aromatic N) is 1. The first-order chi connectivity index (χ1) is 13.3. The maximum atomic E-state index is 5.62. The van der Waals surface area contributed by atoms with Crippen molar-refractivity contribution in [2.24, 2.45) is 11.8 Å². The van der Waals surface area contributed by atoms with Gasteiger partial charge in [0.2, 0.25) is 0 Å². The van der Waals surface area contributed by atoms with Crippen LogP contribution in [0.5, 0.6) is 5.75 Å². The summed E-state index contributed by atoms with van der Waals surface area (Å²) in [5.41, 5.74) is 3.89. The van der Waals surface area contributed by atoms with Crippen molar-refractivity contribution in [1.29, 1.82) is 0 Å². The predicted octanol–water partition coefficient (Wildman–Crippen LogP) is 6.06. The Morgan fingerprint density at radius 3 is 2.04 bits per heavy atom. The largest absolute Gasteiger partial charge is 0.494 e. The number of fused-ring (bicyclic) bond motifs is 4. The second-order valence-electron chi connectivity index (χ2n) is 8.05. The van der Waals surface area contributed by atoms with Gasteiger partial charge in [-0.25, -0.2) is 0 Å². The van der Waals surface area contributed by atoms with Crippen LogP contribution in [-0.4, -0.2) is 31.1 Å². The Hall–Kier alpha value is -1.77. The fraction of sp³-hybridized carbons (Fsp3) is 0.440. The van der Waals surface area contributed by atoms with Crippen LogP contribution in [0.15, 0.2) is 60.7 Å².